The summed E-state index contributed by atoms with van der Waals surface area (Å²) >= 11 is 0. The maximum absolute atomic E-state index is 13.9. The number of aromatic nitrogens is 1. The van der Waals surface area contributed by atoms with Crippen LogP contribution in [0, 0.1) is 12.7 Å². The van der Waals surface area contributed by atoms with Gasteiger partial charge in [0.15, 0.2) is 11.6 Å². The van der Waals surface area contributed by atoms with Crippen molar-refractivity contribution in [3.05, 3.63) is 102 Å². The Hall–Kier alpha value is -4.18. The van der Waals surface area contributed by atoms with Crippen LogP contribution in [-0.2, 0) is 10.0 Å². The van der Waals surface area contributed by atoms with E-state index in [1.54, 1.807) is 31.2 Å². The SMILES string of the molecule is Cc1cc(NS(=O)(=O)c2ccc(NC(CC(=O)c3ccc(O)cc3)c3cccc(F)c3)cc2)no1. The number of sulfonamides is 1. The average Bonchev–Trinajstić information content (AvgIpc) is 3.23. The van der Waals surface area contributed by atoms with Crippen LogP contribution in [0.3, 0.4) is 0 Å². The van der Waals surface area contributed by atoms with E-state index in [2.05, 4.69) is 15.2 Å². The Morgan fingerprint density at radius 2 is 1.77 bits per heavy atom. The van der Waals surface area contributed by atoms with Gasteiger partial charge in [0.2, 0.25) is 0 Å². The number of benzene rings is 3. The average molecular weight is 496 g/mol. The lowest BCUT2D eigenvalue weighted by atomic mass is 9.97. The van der Waals surface area contributed by atoms with Crippen LogP contribution in [0.5, 0.6) is 5.75 Å². The molecule has 0 spiro atoms. The Morgan fingerprint density at radius 3 is 2.40 bits per heavy atom. The number of hydrogen-bond donors (Lipinski definition) is 3. The van der Waals surface area contributed by atoms with Gasteiger partial charge in [-0.05, 0) is 73.2 Å². The van der Waals surface area contributed by atoms with E-state index >= 15 is 0 Å². The maximum atomic E-state index is 13.9. The molecule has 0 aliphatic heterocycles. The molecule has 4 aromatic rings. The zero-order valence-electron chi connectivity index (χ0n) is 18.6. The van der Waals surface area contributed by atoms with Gasteiger partial charge in [0, 0.05) is 23.7 Å². The van der Waals surface area contributed by atoms with E-state index in [4.69, 9.17) is 4.52 Å². The van der Waals surface area contributed by atoms with Crippen LogP contribution < -0.4 is 10.0 Å². The van der Waals surface area contributed by atoms with E-state index in [0.29, 0.717) is 22.6 Å². The van der Waals surface area contributed by atoms with Gasteiger partial charge in [0.1, 0.15) is 17.3 Å². The van der Waals surface area contributed by atoms with E-state index in [1.165, 1.54) is 54.6 Å². The van der Waals surface area contributed by atoms with Crippen LogP contribution in [0.2, 0.25) is 0 Å². The summed E-state index contributed by atoms with van der Waals surface area (Å²) in [6.07, 6.45) is 0.00133. The molecule has 0 aliphatic rings. The highest BCUT2D eigenvalue weighted by molar-refractivity contribution is 7.92. The predicted molar refractivity (Wildman–Crippen MR) is 128 cm³/mol. The summed E-state index contributed by atoms with van der Waals surface area (Å²) in [6, 6.07) is 18.6. The third kappa shape index (κ3) is 6.04. The van der Waals surface area contributed by atoms with Crippen molar-refractivity contribution in [1.82, 2.24) is 5.16 Å². The summed E-state index contributed by atoms with van der Waals surface area (Å²) in [6.45, 7) is 1.65. The molecule has 0 bridgehead atoms. The minimum atomic E-state index is -3.89. The van der Waals surface area contributed by atoms with Crippen LogP contribution in [0.1, 0.15) is 34.1 Å². The number of hydrogen-bond acceptors (Lipinski definition) is 7. The molecule has 1 aromatic heterocycles. The van der Waals surface area contributed by atoms with Gasteiger partial charge in [0.25, 0.3) is 10.0 Å². The van der Waals surface area contributed by atoms with Crippen LogP contribution in [0.15, 0.2) is 88.3 Å². The molecule has 0 aliphatic carbocycles. The number of halogens is 1. The van der Waals surface area contributed by atoms with Crippen molar-refractivity contribution in [2.45, 2.75) is 24.3 Å². The molecule has 0 fully saturated rings. The van der Waals surface area contributed by atoms with Crippen LogP contribution in [-0.4, -0.2) is 24.5 Å². The third-order valence-electron chi connectivity index (χ3n) is 5.20. The van der Waals surface area contributed by atoms with E-state index in [9.17, 15) is 22.7 Å². The highest BCUT2D eigenvalue weighted by Gasteiger charge is 2.20. The molecule has 1 heterocycles. The Bertz CT molecular complexity index is 1430. The lowest BCUT2D eigenvalue weighted by Gasteiger charge is -2.20. The van der Waals surface area contributed by atoms with E-state index in [0.717, 1.165) is 0 Å². The monoisotopic (exact) mass is 495 g/mol. The molecule has 0 radical (unpaired) electrons. The van der Waals surface area contributed by atoms with E-state index in [1.807, 2.05) is 0 Å². The topological polar surface area (TPSA) is 122 Å². The normalized spacial score (nSPS) is 12.2. The molecule has 35 heavy (non-hydrogen) atoms. The van der Waals surface area contributed by atoms with Gasteiger partial charge < -0.3 is 14.9 Å². The molecule has 0 amide bonds. The fourth-order valence-corrected chi connectivity index (χ4v) is 4.45. The highest BCUT2D eigenvalue weighted by atomic mass is 32.2. The van der Waals surface area contributed by atoms with Crippen molar-refractivity contribution in [3.8, 4) is 5.75 Å². The first-order chi connectivity index (χ1) is 16.7. The van der Waals surface area contributed by atoms with Gasteiger partial charge in [-0.25, -0.2) is 12.8 Å². The number of carbonyl (C=O) groups is 1. The molecule has 180 valence electrons. The Labute approximate surface area is 201 Å². The number of carbonyl (C=O) groups excluding carboxylic acids is 1. The molecule has 1 atom stereocenters. The molecule has 4 rings (SSSR count). The first kappa shape index (κ1) is 24.0. The molecular weight excluding hydrogens is 473 g/mol. The summed E-state index contributed by atoms with van der Waals surface area (Å²) in [7, 11) is -3.89. The number of rotatable bonds is 9. The molecule has 1 unspecified atom stereocenters. The van der Waals surface area contributed by atoms with Crippen molar-refractivity contribution >= 4 is 27.3 Å². The van der Waals surface area contributed by atoms with Gasteiger partial charge in [0.05, 0.1) is 10.9 Å². The van der Waals surface area contributed by atoms with Crippen molar-refractivity contribution in [1.29, 1.82) is 0 Å². The molecule has 3 N–H and O–H groups in total. The van der Waals surface area contributed by atoms with Crippen LogP contribution >= 0.6 is 0 Å². The first-order valence-corrected chi connectivity index (χ1v) is 12.1. The summed E-state index contributed by atoms with van der Waals surface area (Å²) in [5, 5.41) is 16.3. The number of anilines is 2. The van der Waals surface area contributed by atoms with Gasteiger partial charge >= 0.3 is 0 Å². The standard InChI is InChI=1S/C25H22FN3O5S/c1-16-13-25(28-34-16)29-35(32,33)22-11-7-20(8-12-22)27-23(18-3-2-4-19(26)14-18)15-24(31)17-5-9-21(30)10-6-17/h2-14,23,27,30H,15H2,1H3,(H,28,29). The fourth-order valence-electron chi connectivity index (χ4n) is 3.47. The summed E-state index contributed by atoms with van der Waals surface area (Å²) < 4.78 is 46.3. The van der Waals surface area contributed by atoms with Crippen molar-refractivity contribution < 1.29 is 27.2 Å². The predicted octanol–water partition coefficient (Wildman–Crippen LogP) is 5.05. The Balaban J connectivity index is 1.54. The maximum Gasteiger partial charge on any atom is 0.263 e. The second-order valence-electron chi connectivity index (χ2n) is 7.88. The minimum Gasteiger partial charge on any atom is -0.508 e. The van der Waals surface area contributed by atoms with E-state index in [-0.39, 0.29) is 28.7 Å². The Kier molecular flexibility index (Phi) is 6.83. The lowest BCUT2D eigenvalue weighted by molar-refractivity contribution is 0.0976. The smallest absolute Gasteiger partial charge is 0.263 e. The van der Waals surface area contributed by atoms with Gasteiger partial charge in [-0.15, -0.1) is 0 Å². The molecule has 0 saturated heterocycles. The van der Waals surface area contributed by atoms with Crippen LogP contribution in [0.25, 0.3) is 0 Å². The Morgan fingerprint density at radius 1 is 1.06 bits per heavy atom. The summed E-state index contributed by atoms with van der Waals surface area (Å²) in [4.78, 5) is 12.9. The number of phenols is 1. The zero-order chi connectivity index (χ0) is 25.0. The van der Waals surface area contributed by atoms with Gasteiger partial charge in [-0.1, -0.05) is 17.3 Å². The number of ketones is 1. The third-order valence-corrected chi connectivity index (χ3v) is 6.57. The van der Waals surface area contributed by atoms with Gasteiger partial charge in [-0.3, -0.25) is 9.52 Å². The van der Waals surface area contributed by atoms with Crippen molar-refractivity contribution in [3.63, 3.8) is 0 Å². The van der Waals surface area contributed by atoms with E-state index < -0.39 is 21.9 Å². The quantitative estimate of drug-likeness (QED) is 0.278. The highest BCUT2D eigenvalue weighted by Crippen LogP contribution is 2.27. The number of phenolic OH excluding ortho intramolecular Hbond substituents is 1. The number of nitrogens with zero attached hydrogens (tertiary/aromatic N) is 1. The summed E-state index contributed by atoms with van der Waals surface area (Å²) in [5.74, 6) is -0.0688. The largest absolute Gasteiger partial charge is 0.508 e. The molecule has 10 heteroatoms. The number of Topliss-reactive ketones (excluding diaryl/α,β-unsaturated/α-hetero) is 1. The minimum absolute atomic E-state index is 0.00133. The molecule has 3 aromatic carbocycles. The number of aryl methyl sites for hydroxylation is 1. The molecule has 0 saturated carbocycles. The molecular formula is C25H22FN3O5S. The number of nitrogens with one attached hydrogen (secondary N) is 2. The second-order valence-corrected chi connectivity index (χ2v) is 9.56. The zero-order valence-corrected chi connectivity index (χ0v) is 19.4. The van der Waals surface area contributed by atoms with Gasteiger partial charge in [-0.2, -0.15) is 0 Å². The molecule has 8 nitrogen and oxygen atoms in total. The summed E-state index contributed by atoms with van der Waals surface area (Å²) in [5.41, 5.74) is 1.49. The van der Waals surface area contributed by atoms with Crippen molar-refractivity contribution in [2.24, 2.45) is 0 Å². The number of aromatic hydroxyl groups is 1. The van der Waals surface area contributed by atoms with Crippen LogP contribution in [0.4, 0.5) is 15.9 Å². The lowest BCUT2D eigenvalue weighted by Crippen LogP contribution is -2.16. The fraction of sp³-hybridized carbons (Fsp3) is 0.120. The van der Waals surface area contributed by atoms with Crippen molar-refractivity contribution in [2.75, 3.05) is 10.0 Å². The second kappa shape index (κ2) is 9.98. The first-order valence-electron chi connectivity index (χ1n) is 10.6.